The van der Waals surface area contributed by atoms with Crippen molar-refractivity contribution in [2.45, 2.75) is 38.5 Å². The van der Waals surface area contributed by atoms with Crippen LogP contribution in [0, 0.1) is 5.92 Å². The Labute approximate surface area is 119 Å². The summed E-state index contributed by atoms with van der Waals surface area (Å²) in [6.07, 6.45) is 3.06. The summed E-state index contributed by atoms with van der Waals surface area (Å²) < 4.78 is 26.4. The van der Waals surface area contributed by atoms with E-state index < -0.39 is 16.0 Å². The maximum absolute atomic E-state index is 12.5. The number of carboxylic acids is 1. The first kappa shape index (κ1) is 16.7. The van der Waals surface area contributed by atoms with Crippen molar-refractivity contribution in [2.24, 2.45) is 5.92 Å². The van der Waals surface area contributed by atoms with Gasteiger partial charge >= 0.3 is 5.97 Å². The quantitative estimate of drug-likeness (QED) is 0.770. The van der Waals surface area contributed by atoms with Crippen LogP contribution in [-0.2, 0) is 10.0 Å². The first-order chi connectivity index (χ1) is 9.36. The van der Waals surface area contributed by atoms with Crippen molar-refractivity contribution in [3.8, 4) is 0 Å². The fourth-order valence-electron chi connectivity index (χ4n) is 2.03. The Morgan fingerprint density at radius 1 is 1.35 bits per heavy atom. The molecule has 0 aliphatic heterocycles. The monoisotopic (exact) mass is 302 g/mol. The van der Waals surface area contributed by atoms with E-state index in [1.54, 1.807) is 6.92 Å². The van der Waals surface area contributed by atoms with Gasteiger partial charge in [0, 0.05) is 19.3 Å². The molecule has 0 amide bonds. The van der Waals surface area contributed by atoms with E-state index in [1.807, 2.05) is 13.8 Å². The molecule has 6 nitrogen and oxygen atoms in total. The Bertz CT molecular complexity index is 546. The molecule has 0 aliphatic carbocycles. The van der Waals surface area contributed by atoms with Gasteiger partial charge in [0.2, 0.25) is 10.0 Å². The Balaban J connectivity index is 3.01. The van der Waals surface area contributed by atoms with E-state index in [1.165, 1.54) is 10.5 Å². The van der Waals surface area contributed by atoms with Crippen molar-refractivity contribution in [3.05, 3.63) is 18.0 Å². The Hall–Kier alpha value is -1.34. The van der Waals surface area contributed by atoms with Gasteiger partial charge in [0.05, 0.1) is 0 Å². The van der Waals surface area contributed by atoms with Crippen LogP contribution < -0.4 is 0 Å². The molecule has 7 heteroatoms. The molecule has 0 radical (unpaired) electrons. The van der Waals surface area contributed by atoms with Crippen molar-refractivity contribution in [1.29, 1.82) is 0 Å². The molecule has 1 rings (SSSR count). The number of aromatic amines is 1. The van der Waals surface area contributed by atoms with Crippen LogP contribution in [0.3, 0.4) is 0 Å². The standard InChI is InChI=1S/C13H22N2O4S/c1-4-10(5-2)9-15(6-3)20(18,19)11-7-12(13(16)17)14-8-11/h7-8,10,14H,4-6,9H2,1-3H3,(H,16,17). The average molecular weight is 302 g/mol. The fourth-order valence-corrected chi connectivity index (χ4v) is 3.55. The number of nitrogens with zero attached hydrogens (tertiary/aromatic N) is 1. The molecule has 2 N–H and O–H groups in total. The van der Waals surface area contributed by atoms with Crippen molar-refractivity contribution in [2.75, 3.05) is 13.1 Å². The summed E-state index contributed by atoms with van der Waals surface area (Å²) in [4.78, 5) is 13.3. The molecule has 1 heterocycles. The van der Waals surface area contributed by atoms with Crippen LogP contribution >= 0.6 is 0 Å². The third kappa shape index (κ3) is 3.61. The van der Waals surface area contributed by atoms with Crippen molar-refractivity contribution >= 4 is 16.0 Å². The summed E-state index contributed by atoms with van der Waals surface area (Å²) >= 11 is 0. The Morgan fingerprint density at radius 2 is 1.95 bits per heavy atom. The van der Waals surface area contributed by atoms with Crippen LogP contribution in [0.4, 0.5) is 0 Å². The van der Waals surface area contributed by atoms with Gasteiger partial charge in [-0.15, -0.1) is 0 Å². The van der Waals surface area contributed by atoms with Crippen LogP contribution in [0.15, 0.2) is 17.2 Å². The smallest absolute Gasteiger partial charge is 0.352 e. The normalized spacial score (nSPS) is 12.2. The van der Waals surface area contributed by atoms with Crippen LogP contribution in [0.1, 0.15) is 44.1 Å². The molecule has 0 fully saturated rings. The summed E-state index contributed by atoms with van der Waals surface area (Å²) in [5.41, 5.74) is -0.123. The molecule has 0 saturated heterocycles. The molecule has 1 aromatic heterocycles. The Kier molecular flexibility index (Phi) is 5.76. The average Bonchev–Trinajstić information content (AvgIpc) is 2.90. The van der Waals surface area contributed by atoms with E-state index in [-0.39, 0.29) is 10.6 Å². The second kappa shape index (κ2) is 6.90. The molecular weight excluding hydrogens is 280 g/mol. The highest BCUT2D eigenvalue weighted by atomic mass is 32.2. The third-order valence-electron chi connectivity index (χ3n) is 3.49. The Morgan fingerprint density at radius 3 is 2.35 bits per heavy atom. The second-order valence-electron chi connectivity index (χ2n) is 4.69. The van der Waals surface area contributed by atoms with Crippen LogP contribution in [-0.4, -0.2) is 41.9 Å². The molecule has 0 spiro atoms. The van der Waals surface area contributed by atoms with Gasteiger partial charge in [0.1, 0.15) is 10.6 Å². The highest BCUT2D eigenvalue weighted by Crippen LogP contribution is 2.20. The predicted octanol–water partition coefficient (Wildman–Crippen LogP) is 2.16. The number of aromatic carboxylic acids is 1. The van der Waals surface area contributed by atoms with Gasteiger partial charge in [-0.1, -0.05) is 33.6 Å². The summed E-state index contributed by atoms with van der Waals surface area (Å²) in [7, 11) is -3.64. The van der Waals surface area contributed by atoms with E-state index in [2.05, 4.69) is 4.98 Å². The van der Waals surface area contributed by atoms with E-state index in [4.69, 9.17) is 5.11 Å². The van der Waals surface area contributed by atoms with Gasteiger partial charge in [-0.25, -0.2) is 13.2 Å². The summed E-state index contributed by atoms with van der Waals surface area (Å²) in [5, 5.41) is 8.84. The lowest BCUT2D eigenvalue weighted by Gasteiger charge is -2.24. The molecule has 1 aromatic rings. The zero-order valence-corrected chi connectivity index (χ0v) is 12.9. The number of hydrogen-bond acceptors (Lipinski definition) is 3. The third-order valence-corrected chi connectivity index (χ3v) is 5.41. The first-order valence-electron chi connectivity index (χ1n) is 6.78. The molecule has 114 valence electrons. The molecule has 0 saturated carbocycles. The number of hydrogen-bond donors (Lipinski definition) is 2. The molecule has 0 atom stereocenters. The highest BCUT2D eigenvalue weighted by molar-refractivity contribution is 7.89. The first-order valence-corrected chi connectivity index (χ1v) is 8.22. The molecular formula is C13H22N2O4S. The van der Waals surface area contributed by atoms with Gasteiger partial charge < -0.3 is 10.1 Å². The molecule has 0 aliphatic rings. The van der Waals surface area contributed by atoms with E-state index in [0.717, 1.165) is 18.9 Å². The minimum atomic E-state index is -3.64. The maximum Gasteiger partial charge on any atom is 0.352 e. The van der Waals surface area contributed by atoms with Gasteiger partial charge in [0.15, 0.2) is 0 Å². The lowest BCUT2D eigenvalue weighted by molar-refractivity contribution is 0.0691. The number of rotatable bonds is 8. The minimum Gasteiger partial charge on any atom is -0.477 e. The number of carbonyl (C=O) groups is 1. The largest absolute Gasteiger partial charge is 0.477 e. The van der Waals surface area contributed by atoms with E-state index in [9.17, 15) is 13.2 Å². The number of H-pyrrole nitrogens is 1. The number of nitrogens with one attached hydrogen (secondary N) is 1. The summed E-state index contributed by atoms with van der Waals surface area (Å²) in [5.74, 6) is -0.864. The number of sulfonamides is 1. The molecule has 20 heavy (non-hydrogen) atoms. The topological polar surface area (TPSA) is 90.5 Å². The second-order valence-corrected chi connectivity index (χ2v) is 6.63. The van der Waals surface area contributed by atoms with Crippen molar-refractivity contribution in [3.63, 3.8) is 0 Å². The number of aromatic nitrogens is 1. The minimum absolute atomic E-state index is 0.00251. The lowest BCUT2D eigenvalue weighted by Crippen LogP contribution is -2.34. The zero-order chi connectivity index (χ0) is 15.3. The van der Waals surface area contributed by atoms with Crippen LogP contribution in [0.5, 0.6) is 0 Å². The van der Waals surface area contributed by atoms with Crippen LogP contribution in [0.2, 0.25) is 0 Å². The fraction of sp³-hybridized carbons (Fsp3) is 0.615. The zero-order valence-electron chi connectivity index (χ0n) is 12.1. The van der Waals surface area contributed by atoms with Gasteiger partial charge in [-0.2, -0.15) is 4.31 Å². The number of carboxylic acid groups (broad SMARTS) is 1. The van der Waals surface area contributed by atoms with Gasteiger partial charge in [-0.3, -0.25) is 0 Å². The molecule has 0 aromatic carbocycles. The lowest BCUT2D eigenvalue weighted by atomic mass is 10.0. The van der Waals surface area contributed by atoms with Gasteiger partial charge in [0.25, 0.3) is 0 Å². The van der Waals surface area contributed by atoms with E-state index in [0.29, 0.717) is 19.0 Å². The molecule has 0 unspecified atom stereocenters. The maximum atomic E-state index is 12.5. The van der Waals surface area contributed by atoms with Crippen molar-refractivity contribution in [1.82, 2.24) is 9.29 Å². The van der Waals surface area contributed by atoms with Crippen LogP contribution in [0.25, 0.3) is 0 Å². The van der Waals surface area contributed by atoms with E-state index >= 15 is 0 Å². The highest BCUT2D eigenvalue weighted by Gasteiger charge is 2.26. The van der Waals surface area contributed by atoms with Crippen molar-refractivity contribution < 1.29 is 18.3 Å². The van der Waals surface area contributed by atoms with Gasteiger partial charge in [-0.05, 0) is 12.0 Å². The summed E-state index contributed by atoms with van der Waals surface area (Å²) in [6, 6.07) is 1.16. The SMILES string of the molecule is CCC(CC)CN(CC)S(=O)(=O)c1c[nH]c(C(=O)O)c1. The molecule has 0 bridgehead atoms. The summed E-state index contributed by atoms with van der Waals surface area (Å²) in [6.45, 7) is 6.68. The predicted molar refractivity (Wildman–Crippen MR) is 76.3 cm³/mol.